The maximum absolute atomic E-state index is 12.2. The zero-order valence-electron chi connectivity index (χ0n) is 12.3. The van der Waals surface area contributed by atoms with Gasteiger partial charge in [0.1, 0.15) is 9.23 Å². The first-order chi connectivity index (χ1) is 11.5. The molecule has 2 aromatic heterocycles. The maximum atomic E-state index is 12.2. The third-order valence-electron chi connectivity index (χ3n) is 3.28. The van der Waals surface area contributed by atoms with Crippen LogP contribution in [0.5, 0.6) is 0 Å². The molecule has 5 nitrogen and oxygen atoms in total. The van der Waals surface area contributed by atoms with Gasteiger partial charge >= 0.3 is 0 Å². The van der Waals surface area contributed by atoms with E-state index in [9.17, 15) is 8.42 Å². The first-order valence-electron chi connectivity index (χ1n) is 6.99. The molecule has 24 heavy (non-hydrogen) atoms. The quantitative estimate of drug-likeness (QED) is 0.683. The number of para-hydroxylation sites is 1. The largest absolute Gasteiger partial charge is 0.242 e. The number of halogens is 2. The molecular formula is C15H13Cl2N3O2S2. The van der Waals surface area contributed by atoms with Crippen molar-refractivity contribution in [1.82, 2.24) is 14.5 Å². The SMILES string of the molecule is O=S(=O)(NCCc1cnn(-c2ccccc2)c1)c1cc(Cl)sc1Cl. The lowest BCUT2D eigenvalue weighted by molar-refractivity contribution is 0.582. The van der Waals surface area contributed by atoms with Crippen LogP contribution in [0.15, 0.2) is 53.7 Å². The van der Waals surface area contributed by atoms with E-state index >= 15 is 0 Å². The molecule has 0 bridgehead atoms. The fourth-order valence-electron chi connectivity index (χ4n) is 2.13. The summed E-state index contributed by atoms with van der Waals surface area (Å²) in [5.74, 6) is 0. The lowest BCUT2D eigenvalue weighted by Crippen LogP contribution is -2.25. The minimum absolute atomic E-state index is 0.0131. The molecule has 3 aromatic rings. The Hall–Kier alpha value is -1.38. The number of rotatable bonds is 6. The van der Waals surface area contributed by atoms with Crippen LogP contribution in [0.3, 0.4) is 0 Å². The first kappa shape index (κ1) is 17.4. The molecule has 0 aliphatic rings. The van der Waals surface area contributed by atoms with Crippen molar-refractivity contribution in [2.75, 3.05) is 6.54 Å². The van der Waals surface area contributed by atoms with E-state index in [4.69, 9.17) is 23.2 Å². The number of hydrogen-bond donors (Lipinski definition) is 1. The summed E-state index contributed by atoms with van der Waals surface area (Å²) in [5.41, 5.74) is 1.88. The van der Waals surface area contributed by atoms with Crippen molar-refractivity contribution in [1.29, 1.82) is 0 Å². The van der Waals surface area contributed by atoms with Gasteiger partial charge in [-0.05, 0) is 30.2 Å². The van der Waals surface area contributed by atoms with E-state index in [1.165, 1.54) is 6.07 Å². The lowest BCUT2D eigenvalue weighted by Gasteiger charge is -2.04. The fraction of sp³-hybridized carbons (Fsp3) is 0.133. The van der Waals surface area contributed by atoms with Gasteiger partial charge < -0.3 is 0 Å². The Bertz CT molecular complexity index is 937. The van der Waals surface area contributed by atoms with Crippen LogP contribution in [0.25, 0.3) is 5.69 Å². The van der Waals surface area contributed by atoms with E-state index < -0.39 is 10.0 Å². The number of aromatic nitrogens is 2. The average Bonchev–Trinajstić information content (AvgIpc) is 3.15. The van der Waals surface area contributed by atoms with E-state index in [1.54, 1.807) is 10.9 Å². The average molecular weight is 402 g/mol. The van der Waals surface area contributed by atoms with Crippen molar-refractivity contribution >= 4 is 44.6 Å². The summed E-state index contributed by atoms with van der Waals surface area (Å²) in [4.78, 5) is 0.0131. The molecule has 0 atom stereocenters. The van der Waals surface area contributed by atoms with Gasteiger partial charge in [0.05, 0.1) is 16.2 Å². The van der Waals surface area contributed by atoms with Crippen molar-refractivity contribution in [2.45, 2.75) is 11.3 Å². The minimum atomic E-state index is -3.67. The summed E-state index contributed by atoms with van der Waals surface area (Å²) < 4.78 is 29.2. The van der Waals surface area contributed by atoms with Crippen LogP contribution in [0.2, 0.25) is 8.67 Å². The second-order valence-corrected chi connectivity index (χ2v) is 8.99. The van der Waals surface area contributed by atoms with Crippen LogP contribution in [0.1, 0.15) is 5.56 Å². The molecule has 0 saturated heterocycles. The summed E-state index contributed by atoms with van der Waals surface area (Å²) >= 11 is 12.7. The number of nitrogens with one attached hydrogen (secondary N) is 1. The Morgan fingerprint density at radius 2 is 1.96 bits per heavy atom. The highest BCUT2D eigenvalue weighted by molar-refractivity contribution is 7.89. The predicted octanol–water partition coefficient (Wildman–Crippen LogP) is 3.76. The van der Waals surface area contributed by atoms with Gasteiger partial charge in [0, 0.05) is 12.7 Å². The van der Waals surface area contributed by atoms with Crippen LogP contribution in [-0.4, -0.2) is 24.7 Å². The molecule has 126 valence electrons. The van der Waals surface area contributed by atoms with Crippen LogP contribution in [0, 0.1) is 0 Å². The molecule has 1 N–H and O–H groups in total. The normalized spacial score (nSPS) is 11.8. The zero-order valence-corrected chi connectivity index (χ0v) is 15.5. The van der Waals surface area contributed by atoms with Gasteiger partial charge in [-0.25, -0.2) is 17.8 Å². The smallest absolute Gasteiger partial charge is 0.241 e. The summed E-state index contributed by atoms with van der Waals surface area (Å²) in [5, 5.41) is 4.28. The van der Waals surface area contributed by atoms with Gasteiger partial charge in [0.25, 0.3) is 0 Å². The van der Waals surface area contributed by atoms with Crippen molar-refractivity contribution in [3.63, 3.8) is 0 Å². The van der Waals surface area contributed by atoms with E-state index in [0.29, 0.717) is 10.8 Å². The molecule has 0 spiro atoms. The van der Waals surface area contributed by atoms with E-state index in [0.717, 1.165) is 22.6 Å². The van der Waals surface area contributed by atoms with Crippen molar-refractivity contribution < 1.29 is 8.42 Å². The number of hydrogen-bond acceptors (Lipinski definition) is 4. The van der Waals surface area contributed by atoms with Gasteiger partial charge in [-0.1, -0.05) is 41.4 Å². The number of sulfonamides is 1. The number of nitrogens with zero attached hydrogens (tertiary/aromatic N) is 2. The third-order valence-corrected chi connectivity index (χ3v) is 6.49. The second kappa shape index (κ2) is 7.25. The van der Waals surface area contributed by atoms with Crippen LogP contribution >= 0.6 is 34.5 Å². The van der Waals surface area contributed by atoms with Gasteiger partial charge in [0.15, 0.2) is 0 Å². The minimum Gasteiger partial charge on any atom is -0.241 e. The topological polar surface area (TPSA) is 64.0 Å². The summed E-state index contributed by atoms with van der Waals surface area (Å²) in [6.07, 6.45) is 4.11. The van der Waals surface area contributed by atoms with Crippen molar-refractivity contribution in [3.05, 3.63) is 63.0 Å². The van der Waals surface area contributed by atoms with Gasteiger partial charge in [-0.3, -0.25) is 0 Å². The maximum Gasteiger partial charge on any atom is 0.242 e. The summed E-state index contributed by atoms with van der Waals surface area (Å²) in [6, 6.07) is 11.0. The Morgan fingerprint density at radius 1 is 1.21 bits per heavy atom. The highest BCUT2D eigenvalue weighted by Gasteiger charge is 2.20. The molecule has 0 radical (unpaired) electrons. The Kier molecular flexibility index (Phi) is 5.27. The van der Waals surface area contributed by atoms with E-state index in [-0.39, 0.29) is 15.8 Å². The van der Waals surface area contributed by atoms with Gasteiger partial charge in [-0.15, -0.1) is 11.3 Å². The number of benzene rings is 1. The standard InChI is InChI=1S/C15H13Cl2N3O2S2/c16-14-8-13(15(17)23-14)24(21,22)19-7-6-11-9-18-20(10-11)12-4-2-1-3-5-12/h1-5,8-10,19H,6-7H2. The highest BCUT2D eigenvalue weighted by atomic mass is 35.5. The molecule has 0 aliphatic carbocycles. The van der Waals surface area contributed by atoms with Crippen molar-refractivity contribution in [3.8, 4) is 5.69 Å². The molecule has 2 heterocycles. The predicted molar refractivity (Wildman–Crippen MR) is 96.8 cm³/mol. The fourth-order valence-corrected chi connectivity index (χ4v) is 5.31. The van der Waals surface area contributed by atoms with Crippen LogP contribution < -0.4 is 4.72 Å². The molecule has 9 heteroatoms. The second-order valence-electron chi connectivity index (χ2n) is 4.96. The first-order valence-corrected chi connectivity index (χ1v) is 10.0. The molecular weight excluding hydrogens is 389 g/mol. The molecule has 0 saturated carbocycles. The zero-order chi connectivity index (χ0) is 17.2. The molecule has 0 amide bonds. The summed E-state index contributed by atoms with van der Waals surface area (Å²) in [6.45, 7) is 0.243. The Balaban J connectivity index is 1.63. The number of thiophene rings is 1. The monoisotopic (exact) mass is 401 g/mol. The molecule has 0 fully saturated rings. The molecule has 1 aromatic carbocycles. The molecule has 0 aliphatic heterocycles. The molecule has 3 rings (SSSR count). The Labute approximate surface area is 153 Å². The van der Waals surface area contributed by atoms with Gasteiger partial charge in [0.2, 0.25) is 10.0 Å². The van der Waals surface area contributed by atoms with Gasteiger partial charge in [-0.2, -0.15) is 5.10 Å². The van der Waals surface area contributed by atoms with Crippen LogP contribution in [-0.2, 0) is 16.4 Å². The van der Waals surface area contributed by atoms with Crippen LogP contribution in [0.4, 0.5) is 0 Å². The highest BCUT2D eigenvalue weighted by Crippen LogP contribution is 2.34. The third kappa shape index (κ3) is 3.99. The molecule has 0 unspecified atom stereocenters. The Morgan fingerprint density at radius 3 is 2.62 bits per heavy atom. The lowest BCUT2D eigenvalue weighted by atomic mass is 10.2. The van der Waals surface area contributed by atoms with E-state index in [2.05, 4.69) is 9.82 Å². The summed E-state index contributed by atoms with van der Waals surface area (Å²) in [7, 11) is -3.67. The van der Waals surface area contributed by atoms with E-state index in [1.807, 2.05) is 36.5 Å². The van der Waals surface area contributed by atoms with Crippen molar-refractivity contribution in [2.24, 2.45) is 0 Å².